The largest absolute Gasteiger partial charge is 0.374 e. The third-order valence-electron chi connectivity index (χ3n) is 2.95. The van der Waals surface area contributed by atoms with Gasteiger partial charge in [-0.15, -0.1) is 0 Å². The minimum atomic E-state index is 0.122. The first-order valence-corrected chi connectivity index (χ1v) is 7.34. The lowest BCUT2D eigenvalue weighted by Crippen LogP contribution is -2.04. The number of ketones is 1. The highest BCUT2D eigenvalue weighted by Gasteiger charge is 1.94. The Kier molecular flexibility index (Phi) is 13.4. The minimum absolute atomic E-state index is 0.122. The van der Waals surface area contributed by atoms with Crippen LogP contribution in [0.3, 0.4) is 0 Å². The Hall–Kier alpha value is -0.370. The van der Waals surface area contributed by atoms with Gasteiger partial charge in [0.2, 0.25) is 0 Å². The molecule has 0 radical (unpaired) electrons. The van der Waals surface area contributed by atoms with Gasteiger partial charge in [-0.05, 0) is 13.3 Å². The highest BCUT2D eigenvalue weighted by atomic mass is 16.5. The van der Waals surface area contributed by atoms with E-state index in [2.05, 4.69) is 6.92 Å². The van der Waals surface area contributed by atoms with Crippen molar-refractivity contribution in [1.82, 2.24) is 0 Å². The van der Waals surface area contributed by atoms with Gasteiger partial charge in [-0.25, -0.2) is 0 Å². The van der Waals surface area contributed by atoms with E-state index in [-0.39, 0.29) is 12.4 Å². The summed E-state index contributed by atoms with van der Waals surface area (Å²) < 4.78 is 5.22. The van der Waals surface area contributed by atoms with Crippen LogP contribution in [0.5, 0.6) is 0 Å². The molecule has 0 aliphatic heterocycles. The predicted octanol–water partition coefficient (Wildman–Crippen LogP) is 4.51. The molecule has 0 aliphatic rings. The van der Waals surface area contributed by atoms with E-state index in [1.807, 2.05) is 0 Å². The van der Waals surface area contributed by atoms with Gasteiger partial charge in [-0.2, -0.15) is 0 Å². The third-order valence-corrected chi connectivity index (χ3v) is 2.95. The summed E-state index contributed by atoms with van der Waals surface area (Å²) in [5, 5.41) is 0. The zero-order valence-corrected chi connectivity index (χ0v) is 11.8. The lowest BCUT2D eigenvalue weighted by molar-refractivity contribution is -0.121. The van der Waals surface area contributed by atoms with Crippen LogP contribution in [0, 0.1) is 0 Å². The maximum Gasteiger partial charge on any atom is 0.155 e. The van der Waals surface area contributed by atoms with E-state index in [4.69, 9.17) is 4.74 Å². The number of hydrogen-bond donors (Lipinski definition) is 0. The van der Waals surface area contributed by atoms with E-state index in [1.165, 1.54) is 57.8 Å². The molecule has 0 aliphatic carbocycles. The topological polar surface area (TPSA) is 26.3 Å². The first-order chi connectivity index (χ1) is 8.27. The summed E-state index contributed by atoms with van der Waals surface area (Å²) in [7, 11) is 0. The number of carbonyl (C=O) groups excluding carboxylic acids is 1. The van der Waals surface area contributed by atoms with Crippen molar-refractivity contribution < 1.29 is 9.53 Å². The maximum absolute atomic E-state index is 10.6. The summed E-state index contributed by atoms with van der Waals surface area (Å²) in [6, 6.07) is 0. The van der Waals surface area contributed by atoms with Gasteiger partial charge in [0, 0.05) is 6.61 Å². The average Bonchev–Trinajstić information content (AvgIpc) is 2.30. The van der Waals surface area contributed by atoms with Crippen molar-refractivity contribution in [1.29, 1.82) is 0 Å². The van der Waals surface area contributed by atoms with Crippen LogP contribution in [0.4, 0.5) is 0 Å². The Balaban J connectivity index is 2.91. The standard InChI is InChI=1S/C15H30O2/c1-3-4-5-6-7-8-9-10-11-12-13-17-14-15(2)16/h3-14H2,1-2H3. The molecule has 0 atom stereocenters. The quantitative estimate of drug-likeness (QED) is 0.444. The fourth-order valence-corrected chi connectivity index (χ4v) is 1.91. The van der Waals surface area contributed by atoms with Crippen molar-refractivity contribution >= 4 is 5.78 Å². The van der Waals surface area contributed by atoms with Crippen molar-refractivity contribution in [3.63, 3.8) is 0 Å². The first-order valence-electron chi connectivity index (χ1n) is 7.34. The number of hydrogen-bond acceptors (Lipinski definition) is 2. The molecule has 0 amide bonds. The molecule has 0 unspecified atom stereocenters. The monoisotopic (exact) mass is 242 g/mol. The average molecular weight is 242 g/mol. The van der Waals surface area contributed by atoms with Crippen LogP contribution < -0.4 is 0 Å². The van der Waals surface area contributed by atoms with Crippen LogP contribution >= 0.6 is 0 Å². The zero-order valence-electron chi connectivity index (χ0n) is 11.8. The Bertz CT molecular complexity index is 166. The number of rotatable bonds is 13. The van der Waals surface area contributed by atoms with Crippen LogP contribution in [0.15, 0.2) is 0 Å². The van der Waals surface area contributed by atoms with Crippen LogP contribution in [-0.4, -0.2) is 19.0 Å². The summed E-state index contributed by atoms with van der Waals surface area (Å²) in [6.07, 6.45) is 13.4. The Labute approximate surface area is 107 Å². The van der Waals surface area contributed by atoms with Crippen LogP contribution in [0.25, 0.3) is 0 Å². The maximum atomic E-state index is 10.6. The van der Waals surface area contributed by atoms with Gasteiger partial charge in [0.15, 0.2) is 5.78 Å². The second kappa shape index (κ2) is 13.7. The second-order valence-corrected chi connectivity index (χ2v) is 4.94. The Morgan fingerprint density at radius 3 is 1.76 bits per heavy atom. The molecule has 102 valence electrons. The molecule has 0 N–H and O–H groups in total. The van der Waals surface area contributed by atoms with Gasteiger partial charge >= 0.3 is 0 Å². The van der Waals surface area contributed by atoms with Gasteiger partial charge in [-0.1, -0.05) is 64.7 Å². The summed E-state index contributed by atoms with van der Waals surface area (Å²) in [5.74, 6) is 0.122. The van der Waals surface area contributed by atoms with E-state index < -0.39 is 0 Å². The fraction of sp³-hybridized carbons (Fsp3) is 0.933. The van der Waals surface area contributed by atoms with Crippen molar-refractivity contribution in [2.45, 2.75) is 78.1 Å². The molecule has 0 aromatic heterocycles. The molecule has 17 heavy (non-hydrogen) atoms. The van der Waals surface area contributed by atoms with Gasteiger partial charge in [0.1, 0.15) is 6.61 Å². The van der Waals surface area contributed by atoms with Crippen LogP contribution in [0.1, 0.15) is 78.1 Å². The Morgan fingerprint density at radius 2 is 1.29 bits per heavy atom. The summed E-state index contributed by atoms with van der Waals surface area (Å²) in [6.45, 7) is 4.86. The van der Waals surface area contributed by atoms with Gasteiger partial charge in [-0.3, -0.25) is 4.79 Å². The van der Waals surface area contributed by atoms with Gasteiger partial charge < -0.3 is 4.74 Å². The van der Waals surface area contributed by atoms with E-state index >= 15 is 0 Å². The molecule has 2 heteroatoms. The summed E-state index contributed by atoms with van der Waals surface area (Å²) in [4.78, 5) is 10.6. The lowest BCUT2D eigenvalue weighted by atomic mass is 10.1. The molecule has 2 nitrogen and oxygen atoms in total. The van der Waals surface area contributed by atoms with E-state index in [0.717, 1.165) is 13.0 Å². The highest BCUT2D eigenvalue weighted by molar-refractivity contribution is 5.76. The van der Waals surface area contributed by atoms with Crippen molar-refractivity contribution in [2.24, 2.45) is 0 Å². The molecule has 0 saturated carbocycles. The lowest BCUT2D eigenvalue weighted by Gasteiger charge is -2.03. The van der Waals surface area contributed by atoms with Crippen LogP contribution in [-0.2, 0) is 9.53 Å². The van der Waals surface area contributed by atoms with E-state index in [0.29, 0.717) is 0 Å². The summed E-state index contributed by atoms with van der Waals surface area (Å²) >= 11 is 0. The first kappa shape index (κ1) is 16.6. The molecule has 0 aromatic rings. The molecule has 0 rings (SSSR count). The summed E-state index contributed by atoms with van der Waals surface area (Å²) in [5.41, 5.74) is 0. The molecule has 0 spiro atoms. The minimum Gasteiger partial charge on any atom is -0.374 e. The van der Waals surface area contributed by atoms with Crippen molar-refractivity contribution in [2.75, 3.05) is 13.2 Å². The van der Waals surface area contributed by atoms with Gasteiger partial charge in [0.25, 0.3) is 0 Å². The predicted molar refractivity (Wildman–Crippen MR) is 73.3 cm³/mol. The van der Waals surface area contributed by atoms with Gasteiger partial charge in [0.05, 0.1) is 0 Å². The number of carbonyl (C=O) groups is 1. The SMILES string of the molecule is CCCCCCCCCCCCOCC(C)=O. The van der Waals surface area contributed by atoms with Crippen LogP contribution in [0.2, 0.25) is 0 Å². The second-order valence-electron chi connectivity index (χ2n) is 4.94. The molecule has 0 saturated heterocycles. The van der Waals surface area contributed by atoms with Crippen molar-refractivity contribution in [3.05, 3.63) is 0 Å². The normalized spacial score (nSPS) is 10.7. The van der Waals surface area contributed by atoms with Crippen molar-refractivity contribution in [3.8, 4) is 0 Å². The molecular formula is C15H30O2. The molecule has 0 heterocycles. The van der Waals surface area contributed by atoms with E-state index in [1.54, 1.807) is 6.92 Å². The number of ether oxygens (including phenoxy) is 1. The fourth-order valence-electron chi connectivity index (χ4n) is 1.91. The highest BCUT2D eigenvalue weighted by Crippen LogP contribution is 2.10. The number of Topliss-reactive ketones (excluding diaryl/α,β-unsaturated/α-hetero) is 1. The molecule has 0 aromatic carbocycles. The van der Waals surface area contributed by atoms with E-state index in [9.17, 15) is 4.79 Å². The third kappa shape index (κ3) is 15.6. The smallest absolute Gasteiger partial charge is 0.155 e. The molecule has 0 bridgehead atoms. The number of unbranched alkanes of at least 4 members (excludes halogenated alkanes) is 9. The molecular weight excluding hydrogens is 212 g/mol. The zero-order chi connectivity index (χ0) is 12.8. The Morgan fingerprint density at radius 1 is 0.824 bits per heavy atom. The molecule has 0 fully saturated rings.